The van der Waals surface area contributed by atoms with Crippen molar-refractivity contribution in [2.75, 3.05) is 12.3 Å². The monoisotopic (exact) mass is 533 g/mol. The molecule has 0 bridgehead atoms. The number of ether oxygens (including phenoxy) is 3. The number of nitrogen functional groups attached to an aromatic ring is 1. The molecule has 2 aromatic heterocycles. The zero-order chi connectivity index (χ0) is 27.4. The third-order valence-electron chi connectivity index (χ3n) is 7.51. The highest BCUT2D eigenvalue weighted by molar-refractivity contribution is 5.72. The number of aliphatic hydroxyl groups excluding tert-OH is 1. The number of esters is 2. The van der Waals surface area contributed by atoms with Crippen LogP contribution >= 0.6 is 0 Å². The molecule has 4 atom stereocenters. The largest absolute Gasteiger partial charge is 0.463 e. The van der Waals surface area contributed by atoms with Crippen molar-refractivity contribution in [3.8, 4) is 6.07 Å². The van der Waals surface area contributed by atoms with Crippen LogP contribution in [0, 0.1) is 17.2 Å². The molecule has 1 saturated heterocycles. The second-order valence-electron chi connectivity index (χ2n) is 10.1. The highest BCUT2D eigenvalue weighted by atomic mass is 16.6. The average Bonchev–Trinajstić information content (AvgIpc) is 3.49. The molecule has 5 rings (SSSR count). The lowest BCUT2D eigenvalue weighted by molar-refractivity contribution is -0.161. The van der Waals surface area contributed by atoms with Gasteiger partial charge in [0.25, 0.3) is 0 Å². The molecular weight excluding hydrogens is 502 g/mol. The average molecular weight is 534 g/mol. The summed E-state index contributed by atoms with van der Waals surface area (Å²) in [6, 6.07) is 14.3. The maximum atomic E-state index is 13.0. The van der Waals surface area contributed by atoms with E-state index in [1.165, 1.54) is 10.8 Å². The molecule has 3 heterocycles. The van der Waals surface area contributed by atoms with Crippen LogP contribution in [0.3, 0.4) is 0 Å². The summed E-state index contributed by atoms with van der Waals surface area (Å²) in [7, 11) is 0. The maximum Gasteiger partial charge on any atom is 0.310 e. The number of aromatic nitrogens is 3. The van der Waals surface area contributed by atoms with Crippen molar-refractivity contribution in [1.29, 1.82) is 5.26 Å². The first-order valence-corrected chi connectivity index (χ1v) is 13.2. The highest BCUT2D eigenvalue weighted by Crippen LogP contribution is 2.42. The number of hydrogen-bond acceptors (Lipinski definition) is 10. The summed E-state index contributed by atoms with van der Waals surface area (Å²) >= 11 is 0. The van der Waals surface area contributed by atoms with E-state index in [1.807, 2.05) is 18.2 Å². The van der Waals surface area contributed by atoms with E-state index in [0.29, 0.717) is 5.52 Å². The van der Waals surface area contributed by atoms with Crippen LogP contribution in [0.1, 0.15) is 49.8 Å². The molecule has 1 aromatic carbocycles. The predicted molar refractivity (Wildman–Crippen MR) is 138 cm³/mol. The molecule has 0 spiro atoms. The van der Waals surface area contributed by atoms with E-state index in [0.717, 1.165) is 37.7 Å². The Morgan fingerprint density at radius 1 is 1.15 bits per heavy atom. The van der Waals surface area contributed by atoms with Gasteiger partial charge < -0.3 is 25.1 Å². The summed E-state index contributed by atoms with van der Waals surface area (Å²) < 4.78 is 18.7. The number of nitriles is 1. The minimum atomic E-state index is -1.97. The number of hydrogen-bond donors (Lipinski definition) is 2. The molecule has 39 heavy (non-hydrogen) atoms. The number of nitrogens with zero attached hydrogens (tertiary/aromatic N) is 4. The van der Waals surface area contributed by atoms with Gasteiger partial charge in [-0.15, -0.1) is 0 Å². The van der Waals surface area contributed by atoms with Gasteiger partial charge in [-0.05, 0) is 36.5 Å². The van der Waals surface area contributed by atoms with Crippen LogP contribution in [0.15, 0.2) is 48.8 Å². The summed E-state index contributed by atoms with van der Waals surface area (Å²) in [6.07, 6.45) is 2.70. The number of fused-ring (bicyclic) bond motifs is 1. The lowest BCUT2D eigenvalue weighted by atomic mass is 9.87. The molecule has 11 heteroatoms. The van der Waals surface area contributed by atoms with E-state index in [4.69, 9.17) is 19.9 Å². The van der Waals surface area contributed by atoms with Gasteiger partial charge in [0.1, 0.15) is 36.7 Å². The molecule has 2 aliphatic rings. The second kappa shape index (κ2) is 11.4. The normalized spacial score (nSPS) is 25.3. The van der Waals surface area contributed by atoms with E-state index in [2.05, 4.69) is 16.2 Å². The molecule has 204 valence electrons. The summed E-state index contributed by atoms with van der Waals surface area (Å²) in [4.78, 5) is 29.5. The van der Waals surface area contributed by atoms with E-state index in [9.17, 15) is 20.0 Å². The van der Waals surface area contributed by atoms with Crippen LogP contribution in [0.5, 0.6) is 0 Å². The van der Waals surface area contributed by atoms with Crippen molar-refractivity contribution < 1.29 is 28.9 Å². The molecule has 1 saturated carbocycles. The summed E-state index contributed by atoms with van der Waals surface area (Å²) in [5.41, 5.74) is 5.36. The van der Waals surface area contributed by atoms with Gasteiger partial charge in [-0.2, -0.15) is 10.4 Å². The summed E-state index contributed by atoms with van der Waals surface area (Å²) in [6.45, 7) is -0.325. The van der Waals surface area contributed by atoms with Gasteiger partial charge in [0, 0.05) is 6.42 Å². The van der Waals surface area contributed by atoms with Crippen molar-refractivity contribution in [2.24, 2.45) is 5.92 Å². The Morgan fingerprint density at radius 2 is 1.92 bits per heavy atom. The van der Waals surface area contributed by atoms with Gasteiger partial charge in [0.2, 0.25) is 5.60 Å². The number of anilines is 1. The van der Waals surface area contributed by atoms with E-state index in [-0.39, 0.29) is 36.9 Å². The fourth-order valence-corrected chi connectivity index (χ4v) is 5.49. The van der Waals surface area contributed by atoms with Crippen LogP contribution < -0.4 is 5.73 Å². The number of carbonyl (C=O) groups excluding carboxylic acids is 2. The summed E-state index contributed by atoms with van der Waals surface area (Å²) in [5.74, 6) is -0.619. The molecule has 0 radical (unpaired) electrons. The van der Waals surface area contributed by atoms with Crippen LogP contribution in [-0.2, 0) is 35.8 Å². The standard InChI is InChI=1S/C28H31N5O6/c29-16-28(22-12-11-20-27(30)31-17-32-33(20)22)26(36)25(38-24(35)14-19-9-5-2-6-10-19)21(39-28)15-37-23(34)13-18-7-3-1-4-8-18/h1,3-4,7-8,11-12,17,19,21,25-26,36H,2,5-6,9-10,13-15H2,(H2,30,31,32)/t21-,25-,26-,28+/m1/s1. The molecular formula is C28H31N5O6. The molecule has 1 aliphatic carbocycles. The molecule has 3 aromatic rings. The number of nitrogens with two attached hydrogens (primary N) is 1. The number of rotatable bonds is 8. The Balaban J connectivity index is 1.39. The fraction of sp³-hybridized carbons (Fsp3) is 0.464. The predicted octanol–water partition coefficient (Wildman–Crippen LogP) is 2.46. The zero-order valence-corrected chi connectivity index (χ0v) is 21.4. The highest BCUT2D eigenvalue weighted by Gasteiger charge is 2.60. The van der Waals surface area contributed by atoms with Gasteiger partial charge in [-0.25, -0.2) is 9.50 Å². The zero-order valence-electron chi connectivity index (χ0n) is 21.4. The van der Waals surface area contributed by atoms with Gasteiger partial charge in [0.15, 0.2) is 11.9 Å². The minimum Gasteiger partial charge on any atom is -0.463 e. The van der Waals surface area contributed by atoms with Gasteiger partial charge >= 0.3 is 11.9 Å². The molecule has 3 N–H and O–H groups in total. The van der Waals surface area contributed by atoms with Crippen molar-refractivity contribution in [3.63, 3.8) is 0 Å². The van der Waals surface area contributed by atoms with Crippen molar-refractivity contribution in [1.82, 2.24) is 14.6 Å². The van der Waals surface area contributed by atoms with Gasteiger partial charge in [-0.1, -0.05) is 49.6 Å². The topological polar surface area (TPSA) is 162 Å². The molecule has 1 aliphatic heterocycles. The fourth-order valence-electron chi connectivity index (χ4n) is 5.49. The molecule has 0 unspecified atom stereocenters. The van der Waals surface area contributed by atoms with E-state index in [1.54, 1.807) is 24.3 Å². The Bertz CT molecular complexity index is 1370. The Kier molecular flexibility index (Phi) is 7.77. The van der Waals surface area contributed by atoms with Gasteiger partial charge in [0.05, 0.1) is 12.1 Å². The van der Waals surface area contributed by atoms with Crippen LogP contribution in [0.2, 0.25) is 0 Å². The third-order valence-corrected chi connectivity index (χ3v) is 7.51. The van der Waals surface area contributed by atoms with Crippen molar-refractivity contribution in [2.45, 2.75) is 68.9 Å². The Hall–Kier alpha value is -4.01. The van der Waals surface area contributed by atoms with Crippen LogP contribution in [0.25, 0.3) is 5.52 Å². The first kappa shape index (κ1) is 26.6. The lowest BCUT2D eigenvalue weighted by Crippen LogP contribution is -2.43. The Morgan fingerprint density at radius 3 is 2.67 bits per heavy atom. The summed E-state index contributed by atoms with van der Waals surface area (Å²) in [5, 5.41) is 26.0. The molecule has 2 fully saturated rings. The minimum absolute atomic E-state index is 0.0329. The van der Waals surface area contributed by atoms with Gasteiger partial charge in [-0.3, -0.25) is 9.59 Å². The number of benzene rings is 1. The quantitative estimate of drug-likeness (QED) is 0.411. The number of aliphatic hydroxyl groups is 1. The molecule has 11 nitrogen and oxygen atoms in total. The Labute approximate surface area is 225 Å². The lowest BCUT2D eigenvalue weighted by Gasteiger charge is -2.25. The van der Waals surface area contributed by atoms with E-state index < -0.39 is 35.9 Å². The second-order valence-corrected chi connectivity index (χ2v) is 10.1. The van der Waals surface area contributed by atoms with Crippen LogP contribution in [-0.4, -0.2) is 56.6 Å². The van der Waals surface area contributed by atoms with Crippen LogP contribution in [0.4, 0.5) is 5.82 Å². The van der Waals surface area contributed by atoms with Crippen molar-refractivity contribution in [3.05, 3.63) is 60.0 Å². The first-order valence-electron chi connectivity index (χ1n) is 13.2. The smallest absolute Gasteiger partial charge is 0.310 e. The number of carbonyl (C=O) groups is 2. The van der Waals surface area contributed by atoms with Crippen molar-refractivity contribution >= 4 is 23.3 Å². The maximum absolute atomic E-state index is 13.0. The molecule has 0 amide bonds. The first-order chi connectivity index (χ1) is 18.9. The third kappa shape index (κ3) is 5.44. The van der Waals surface area contributed by atoms with E-state index >= 15 is 0 Å². The SMILES string of the molecule is N#C[C@@]1(c2ccc3c(N)ncnn23)O[C@H](COC(=O)Cc2ccccc2)[C@@H](OC(=O)CC2CCCCC2)[C@H]1O.